The van der Waals surface area contributed by atoms with Gasteiger partial charge in [0.25, 0.3) is 5.79 Å². The van der Waals surface area contributed by atoms with Crippen LogP contribution in [0, 0.1) is 0 Å². The SMILES string of the molecule is Oc1ccc([C@H]2Oc3c(c(O)cc4c3C3CC(c5ccccc5)(Oc5ccccc53)O4)C[C@@H]2O)cc1O. The molecule has 4 N–H and O–H groups in total. The van der Waals surface area contributed by atoms with Crippen LogP contribution in [0.2, 0.25) is 0 Å². The van der Waals surface area contributed by atoms with Crippen molar-refractivity contribution in [3.63, 3.8) is 0 Å². The topological polar surface area (TPSA) is 109 Å². The molecule has 0 aliphatic carbocycles. The molecule has 0 spiro atoms. The van der Waals surface area contributed by atoms with Crippen molar-refractivity contribution in [3.05, 3.63) is 107 Å². The molecule has 2 unspecified atom stereocenters. The summed E-state index contributed by atoms with van der Waals surface area (Å²) in [6, 6.07) is 23.5. The predicted octanol–water partition coefficient (Wildman–Crippen LogP) is 5.00. The number of aromatic hydroxyl groups is 3. The molecule has 2 bridgehead atoms. The summed E-state index contributed by atoms with van der Waals surface area (Å²) >= 11 is 0. The largest absolute Gasteiger partial charge is 0.507 e. The zero-order valence-corrected chi connectivity index (χ0v) is 19.7. The maximum absolute atomic E-state index is 11.0. The molecule has 3 heterocycles. The van der Waals surface area contributed by atoms with Gasteiger partial charge >= 0.3 is 0 Å². The maximum Gasteiger partial charge on any atom is 0.278 e. The normalized spacial score (nSPS) is 24.9. The molecule has 0 aromatic heterocycles. The van der Waals surface area contributed by atoms with Gasteiger partial charge in [-0.25, -0.2) is 0 Å². The monoisotopic (exact) mass is 496 g/mol. The Hall–Kier alpha value is -4.36. The minimum absolute atomic E-state index is 0.0312. The molecular formula is C30H24O7. The first-order chi connectivity index (χ1) is 17.9. The zero-order valence-electron chi connectivity index (χ0n) is 19.7. The third-order valence-electron chi connectivity index (χ3n) is 7.58. The second-order valence-corrected chi connectivity index (χ2v) is 9.79. The van der Waals surface area contributed by atoms with Crippen molar-refractivity contribution in [1.82, 2.24) is 0 Å². The van der Waals surface area contributed by atoms with E-state index in [9.17, 15) is 20.4 Å². The van der Waals surface area contributed by atoms with Gasteiger partial charge in [-0.15, -0.1) is 0 Å². The lowest BCUT2D eigenvalue weighted by Gasteiger charge is -2.47. The number of phenolic OH excluding ortho intramolecular Hbond substituents is 3. The summed E-state index contributed by atoms with van der Waals surface area (Å²) in [5.74, 6) is -0.199. The lowest BCUT2D eigenvalue weighted by atomic mass is 9.76. The molecule has 0 fully saturated rings. The van der Waals surface area contributed by atoms with E-state index in [0.717, 1.165) is 16.7 Å². The Labute approximate surface area is 212 Å². The van der Waals surface area contributed by atoms with Gasteiger partial charge in [0.15, 0.2) is 11.5 Å². The number of aliphatic hydroxyl groups excluding tert-OH is 1. The molecular weight excluding hydrogens is 472 g/mol. The van der Waals surface area contributed by atoms with Crippen LogP contribution in [-0.2, 0) is 12.2 Å². The van der Waals surface area contributed by atoms with Gasteiger partial charge in [0.05, 0.1) is 6.10 Å². The Bertz CT molecular complexity index is 1530. The number of hydrogen-bond donors (Lipinski definition) is 4. The number of para-hydroxylation sites is 1. The lowest BCUT2D eigenvalue weighted by molar-refractivity contribution is -0.149. The van der Waals surface area contributed by atoms with Crippen LogP contribution in [0.15, 0.2) is 78.9 Å². The highest BCUT2D eigenvalue weighted by atomic mass is 16.7. The number of phenols is 3. The van der Waals surface area contributed by atoms with Crippen LogP contribution in [0.1, 0.15) is 46.3 Å². The summed E-state index contributed by atoms with van der Waals surface area (Å²) < 4.78 is 19.5. The fourth-order valence-electron chi connectivity index (χ4n) is 5.84. The maximum atomic E-state index is 11.0. The van der Waals surface area contributed by atoms with E-state index in [-0.39, 0.29) is 29.6 Å². The molecule has 4 aromatic rings. The van der Waals surface area contributed by atoms with E-state index in [2.05, 4.69) is 0 Å². The van der Waals surface area contributed by atoms with E-state index in [4.69, 9.17) is 14.2 Å². The van der Waals surface area contributed by atoms with Crippen molar-refractivity contribution in [1.29, 1.82) is 0 Å². The first kappa shape index (κ1) is 21.9. The lowest BCUT2D eigenvalue weighted by Crippen LogP contribution is -2.47. The highest BCUT2D eigenvalue weighted by Gasteiger charge is 2.52. The molecule has 7 rings (SSSR count). The van der Waals surface area contributed by atoms with Gasteiger partial charge in [0.1, 0.15) is 29.1 Å². The van der Waals surface area contributed by atoms with Crippen LogP contribution in [0.25, 0.3) is 0 Å². The molecule has 3 aliphatic heterocycles. The Morgan fingerprint density at radius 3 is 2.32 bits per heavy atom. The summed E-state index contributed by atoms with van der Waals surface area (Å²) in [5.41, 5.74) is 3.65. The number of rotatable bonds is 2. The first-order valence-corrected chi connectivity index (χ1v) is 12.2. The number of aliphatic hydroxyl groups is 1. The molecule has 3 aliphatic rings. The highest BCUT2D eigenvalue weighted by molar-refractivity contribution is 5.64. The average Bonchev–Trinajstić information content (AvgIpc) is 2.91. The smallest absolute Gasteiger partial charge is 0.278 e. The second kappa shape index (κ2) is 7.82. The van der Waals surface area contributed by atoms with Gasteiger partial charge in [-0.3, -0.25) is 0 Å². The minimum atomic E-state index is -1.08. The number of fused-ring (bicyclic) bond motifs is 8. The third kappa shape index (κ3) is 3.24. The number of hydrogen-bond acceptors (Lipinski definition) is 7. The van der Waals surface area contributed by atoms with E-state index in [1.165, 1.54) is 12.1 Å². The fraction of sp³-hybridized carbons (Fsp3) is 0.200. The van der Waals surface area contributed by atoms with E-state index in [1.807, 2.05) is 54.6 Å². The number of benzene rings is 4. The van der Waals surface area contributed by atoms with Gasteiger partial charge in [0.2, 0.25) is 0 Å². The summed E-state index contributed by atoms with van der Waals surface area (Å²) in [7, 11) is 0. The standard InChI is InChI=1S/C30H24O7/c31-21-11-10-16(12-23(21)33)28-24(34)13-19-22(32)14-26-27(29(19)35-28)20-15-30(37-26,17-6-2-1-3-7-17)36-25-9-5-4-8-18(20)25/h1-12,14,20,24,28,31-34H,13,15H2/t20?,24-,28+,30?/m0/s1. The number of ether oxygens (including phenoxy) is 3. The van der Waals surface area contributed by atoms with Gasteiger partial charge in [0, 0.05) is 47.1 Å². The van der Waals surface area contributed by atoms with Crippen LogP contribution in [-0.4, -0.2) is 26.5 Å². The van der Waals surface area contributed by atoms with Crippen molar-refractivity contribution in [2.75, 3.05) is 0 Å². The van der Waals surface area contributed by atoms with Crippen LogP contribution >= 0.6 is 0 Å². The highest BCUT2D eigenvalue weighted by Crippen LogP contribution is 2.60. The van der Waals surface area contributed by atoms with Gasteiger partial charge in [-0.1, -0.05) is 54.6 Å². The summed E-state index contributed by atoms with van der Waals surface area (Å²) in [4.78, 5) is 0. The Morgan fingerprint density at radius 2 is 1.51 bits per heavy atom. The van der Waals surface area contributed by atoms with Crippen LogP contribution < -0.4 is 14.2 Å². The van der Waals surface area contributed by atoms with Crippen LogP contribution in [0.5, 0.6) is 34.5 Å². The molecule has 7 nitrogen and oxygen atoms in total. The molecule has 0 radical (unpaired) electrons. The van der Waals surface area contributed by atoms with Crippen molar-refractivity contribution >= 4 is 0 Å². The molecule has 0 saturated heterocycles. The molecule has 0 saturated carbocycles. The summed E-state index contributed by atoms with van der Waals surface area (Å²) in [5, 5.41) is 41.8. The van der Waals surface area contributed by atoms with E-state index in [1.54, 1.807) is 12.1 Å². The van der Waals surface area contributed by atoms with Crippen molar-refractivity contribution in [2.45, 2.75) is 36.8 Å². The molecule has 7 heteroatoms. The van der Waals surface area contributed by atoms with E-state index < -0.39 is 18.0 Å². The van der Waals surface area contributed by atoms with E-state index >= 15 is 0 Å². The third-order valence-corrected chi connectivity index (χ3v) is 7.58. The average molecular weight is 497 g/mol. The van der Waals surface area contributed by atoms with Gasteiger partial charge in [-0.2, -0.15) is 0 Å². The molecule has 4 atom stereocenters. The van der Waals surface area contributed by atoms with Crippen molar-refractivity contribution < 1.29 is 34.6 Å². The molecule has 37 heavy (non-hydrogen) atoms. The molecule has 4 aromatic carbocycles. The first-order valence-electron chi connectivity index (χ1n) is 12.2. The zero-order chi connectivity index (χ0) is 25.3. The Kier molecular flexibility index (Phi) is 4.62. The summed E-state index contributed by atoms with van der Waals surface area (Å²) in [6.45, 7) is 0. The second-order valence-electron chi connectivity index (χ2n) is 9.79. The summed E-state index contributed by atoms with van der Waals surface area (Å²) in [6.07, 6.45) is -1.15. The van der Waals surface area contributed by atoms with Gasteiger partial charge < -0.3 is 34.6 Å². The minimum Gasteiger partial charge on any atom is -0.507 e. The van der Waals surface area contributed by atoms with Crippen LogP contribution in [0.4, 0.5) is 0 Å². The molecule has 186 valence electrons. The van der Waals surface area contributed by atoms with E-state index in [0.29, 0.717) is 34.8 Å². The fourth-order valence-corrected chi connectivity index (χ4v) is 5.84. The van der Waals surface area contributed by atoms with Gasteiger partial charge in [-0.05, 0) is 23.8 Å². The Balaban J connectivity index is 1.41. The van der Waals surface area contributed by atoms with Crippen LogP contribution in [0.3, 0.4) is 0 Å². The Morgan fingerprint density at radius 1 is 0.757 bits per heavy atom. The van der Waals surface area contributed by atoms with Crippen molar-refractivity contribution in [2.24, 2.45) is 0 Å². The predicted molar refractivity (Wildman–Crippen MR) is 133 cm³/mol. The molecule has 0 amide bonds. The van der Waals surface area contributed by atoms with Crippen molar-refractivity contribution in [3.8, 4) is 34.5 Å². The quantitative estimate of drug-likeness (QED) is 0.289.